The van der Waals surface area contributed by atoms with Crippen molar-refractivity contribution in [3.8, 4) is 0 Å². The monoisotopic (exact) mass is 325 g/mol. The van der Waals surface area contributed by atoms with E-state index in [0.717, 1.165) is 50.4 Å². The Bertz CT molecular complexity index is 830. The Hall–Kier alpha value is -2.25. The first-order valence-corrected chi connectivity index (χ1v) is 8.42. The predicted molar refractivity (Wildman–Crippen MR) is 86.2 cm³/mol. The van der Waals surface area contributed by atoms with Crippen molar-refractivity contribution in [1.82, 2.24) is 25.1 Å². The summed E-state index contributed by atoms with van der Waals surface area (Å²) in [6.07, 6.45) is 6.55. The highest BCUT2D eigenvalue weighted by Crippen LogP contribution is 2.40. The van der Waals surface area contributed by atoms with Crippen molar-refractivity contribution in [3.05, 3.63) is 41.7 Å². The molecule has 1 fully saturated rings. The van der Waals surface area contributed by atoms with Gasteiger partial charge in [0, 0.05) is 19.3 Å². The minimum atomic E-state index is -0.191. The molecule has 2 aliphatic rings. The molecule has 24 heavy (non-hydrogen) atoms. The zero-order chi connectivity index (χ0) is 16.0. The lowest BCUT2D eigenvalue weighted by atomic mass is 9.84. The number of hydrogen-bond acceptors (Lipinski definition) is 6. The molecule has 3 aromatic rings. The first-order chi connectivity index (χ1) is 11.8. The molecule has 1 spiro atoms. The number of nitrogens with one attached hydrogen (secondary N) is 1. The van der Waals surface area contributed by atoms with Crippen LogP contribution in [0.2, 0.25) is 0 Å². The molecule has 1 saturated heterocycles. The molecule has 0 amide bonds. The first kappa shape index (κ1) is 14.1. The maximum Gasteiger partial charge on any atom is 0.211 e. The fraction of sp³-hybridized carbons (Fsp3) is 0.471. The van der Waals surface area contributed by atoms with E-state index in [1.807, 2.05) is 18.3 Å². The Kier molecular flexibility index (Phi) is 3.17. The summed E-state index contributed by atoms with van der Waals surface area (Å²) in [6.45, 7) is 3.39. The third-order valence-electron chi connectivity index (χ3n) is 5.16. The van der Waals surface area contributed by atoms with E-state index in [9.17, 15) is 0 Å². The number of piperidine rings is 1. The number of likely N-dealkylation sites (tertiary alicyclic amines) is 1. The van der Waals surface area contributed by atoms with Gasteiger partial charge in [-0.3, -0.25) is 10.00 Å². The van der Waals surface area contributed by atoms with Gasteiger partial charge in [-0.25, -0.2) is 4.98 Å². The molecule has 7 nitrogen and oxygen atoms in total. The van der Waals surface area contributed by atoms with E-state index < -0.39 is 0 Å². The smallest absolute Gasteiger partial charge is 0.211 e. The molecule has 0 bridgehead atoms. The summed E-state index contributed by atoms with van der Waals surface area (Å²) in [5.74, 6) is 0.728. The van der Waals surface area contributed by atoms with E-state index in [4.69, 9.17) is 9.15 Å². The molecule has 3 aromatic heterocycles. The number of aromatic amines is 1. The molecule has 0 saturated carbocycles. The van der Waals surface area contributed by atoms with Crippen LogP contribution in [-0.4, -0.2) is 44.8 Å². The Morgan fingerprint density at radius 3 is 3.08 bits per heavy atom. The standard InChI is InChI=1S/C17H19N5O2/c1-2-13-16(18-6-1)20-14(24-13)11-22-7-4-17(5-8-22)15-12(3-9-23-17)10-19-21-15/h1-2,6,10H,3-5,7-9,11H2,(H,19,21). The number of ether oxygens (including phenoxy) is 1. The number of pyridine rings is 1. The van der Waals surface area contributed by atoms with Gasteiger partial charge in [0.25, 0.3) is 0 Å². The van der Waals surface area contributed by atoms with Gasteiger partial charge < -0.3 is 9.15 Å². The van der Waals surface area contributed by atoms with Crippen LogP contribution >= 0.6 is 0 Å². The molecule has 0 aromatic carbocycles. The van der Waals surface area contributed by atoms with Crippen LogP contribution in [0.25, 0.3) is 11.2 Å². The fourth-order valence-electron chi connectivity index (χ4n) is 3.86. The summed E-state index contributed by atoms with van der Waals surface area (Å²) in [5.41, 5.74) is 3.72. The van der Waals surface area contributed by atoms with Crippen LogP contribution in [0.4, 0.5) is 0 Å². The minimum absolute atomic E-state index is 0.191. The second-order valence-corrected chi connectivity index (χ2v) is 6.57. The van der Waals surface area contributed by atoms with Crippen molar-refractivity contribution in [2.45, 2.75) is 31.4 Å². The lowest BCUT2D eigenvalue weighted by Gasteiger charge is -2.43. The molecular weight excluding hydrogens is 306 g/mol. The Morgan fingerprint density at radius 2 is 2.21 bits per heavy atom. The summed E-state index contributed by atoms with van der Waals surface area (Å²) >= 11 is 0. The molecule has 0 atom stereocenters. The van der Waals surface area contributed by atoms with Gasteiger partial charge in [0.1, 0.15) is 5.60 Å². The van der Waals surface area contributed by atoms with E-state index >= 15 is 0 Å². The van der Waals surface area contributed by atoms with Crippen LogP contribution in [0.15, 0.2) is 28.9 Å². The van der Waals surface area contributed by atoms with Crippen LogP contribution < -0.4 is 0 Å². The van der Waals surface area contributed by atoms with Crippen molar-refractivity contribution in [3.63, 3.8) is 0 Å². The molecule has 1 N–H and O–H groups in total. The Labute approximate surface area is 139 Å². The summed E-state index contributed by atoms with van der Waals surface area (Å²) in [7, 11) is 0. The van der Waals surface area contributed by atoms with Gasteiger partial charge in [0.2, 0.25) is 5.89 Å². The number of hydrogen-bond donors (Lipinski definition) is 1. The Morgan fingerprint density at radius 1 is 1.29 bits per heavy atom. The van der Waals surface area contributed by atoms with Gasteiger partial charge in [-0.1, -0.05) is 0 Å². The molecule has 5 heterocycles. The van der Waals surface area contributed by atoms with Crippen molar-refractivity contribution >= 4 is 11.2 Å². The first-order valence-electron chi connectivity index (χ1n) is 8.42. The normalized spacial score (nSPS) is 20.5. The molecule has 2 aliphatic heterocycles. The van der Waals surface area contributed by atoms with Crippen molar-refractivity contribution in [2.75, 3.05) is 19.7 Å². The van der Waals surface area contributed by atoms with E-state index in [1.165, 1.54) is 11.3 Å². The molecule has 0 aliphatic carbocycles. The zero-order valence-electron chi connectivity index (χ0n) is 13.4. The maximum absolute atomic E-state index is 6.19. The highest BCUT2D eigenvalue weighted by atomic mass is 16.5. The highest BCUT2D eigenvalue weighted by Gasteiger charge is 2.42. The molecule has 124 valence electrons. The van der Waals surface area contributed by atoms with Crippen molar-refractivity contribution in [1.29, 1.82) is 0 Å². The second kappa shape index (κ2) is 5.39. The molecule has 5 rings (SSSR count). The van der Waals surface area contributed by atoms with E-state index in [-0.39, 0.29) is 5.60 Å². The summed E-state index contributed by atoms with van der Waals surface area (Å²) in [5, 5.41) is 7.38. The summed E-state index contributed by atoms with van der Waals surface area (Å²) in [4.78, 5) is 11.1. The Balaban J connectivity index is 1.31. The number of fused-ring (bicyclic) bond motifs is 3. The number of oxazole rings is 1. The fourth-order valence-corrected chi connectivity index (χ4v) is 3.86. The van der Waals surface area contributed by atoms with Gasteiger partial charge in [-0.05, 0) is 37.0 Å². The second-order valence-electron chi connectivity index (χ2n) is 6.57. The van der Waals surface area contributed by atoms with Gasteiger partial charge in [0.15, 0.2) is 11.2 Å². The number of nitrogens with zero attached hydrogens (tertiary/aromatic N) is 4. The van der Waals surface area contributed by atoms with Gasteiger partial charge in [-0.15, -0.1) is 0 Å². The summed E-state index contributed by atoms with van der Waals surface area (Å²) < 4.78 is 12.0. The average molecular weight is 325 g/mol. The van der Waals surface area contributed by atoms with Crippen LogP contribution in [0.5, 0.6) is 0 Å². The van der Waals surface area contributed by atoms with Crippen LogP contribution in [0.3, 0.4) is 0 Å². The lowest BCUT2D eigenvalue weighted by molar-refractivity contribution is -0.102. The molecule has 0 radical (unpaired) electrons. The third kappa shape index (κ3) is 2.23. The molecule has 7 heteroatoms. The largest absolute Gasteiger partial charge is 0.438 e. The quantitative estimate of drug-likeness (QED) is 0.776. The summed E-state index contributed by atoms with van der Waals surface area (Å²) in [6, 6.07) is 3.77. The topological polar surface area (TPSA) is 80.1 Å². The van der Waals surface area contributed by atoms with Crippen LogP contribution in [-0.2, 0) is 23.3 Å². The van der Waals surface area contributed by atoms with E-state index in [2.05, 4.69) is 25.1 Å². The lowest BCUT2D eigenvalue weighted by Crippen LogP contribution is -2.46. The van der Waals surface area contributed by atoms with Crippen LogP contribution in [0, 0.1) is 0 Å². The average Bonchev–Trinajstić information content (AvgIpc) is 3.24. The zero-order valence-corrected chi connectivity index (χ0v) is 13.4. The van der Waals surface area contributed by atoms with Gasteiger partial charge in [0.05, 0.1) is 25.0 Å². The van der Waals surface area contributed by atoms with Gasteiger partial charge in [-0.2, -0.15) is 10.1 Å². The van der Waals surface area contributed by atoms with Crippen molar-refractivity contribution in [2.24, 2.45) is 0 Å². The molecule has 0 unspecified atom stereocenters. The maximum atomic E-state index is 6.19. The van der Waals surface area contributed by atoms with Crippen molar-refractivity contribution < 1.29 is 9.15 Å². The number of aromatic nitrogens is 4. The predicted octanol–water partition coefficient (Wildman–Crippen LogP) is 2.01. The highest BCUT2D eigenvalue weighted by molar-refractivity contribution is 5.66. The number of rotatable bonds is 2. The minimum Gasteiger partial charge on any atom is -0.438 e. The molecular formula is C17H19N5O2. The van der Waals surface area contributed by atoms with Gasteiger partial charge >= 0.3 is 0 Å². The SMILES string of the molecule is c1cnc2nc(CN3CCC4(CC3)OCCc3cn[nH]c34)oc2c1. The van der Waals surface area contributed by atoms with E-state index in [1.54, 1.807) is 6.20 Å². The number of H-pyrrole nitrogens is 1. The van der Waals surface area contributed by atoms with E-state index in [0.29, 0.717) is 12.2 Å². The van der Waals surface area contributed by atoms with Crippen LogP contribution in [0.1, 0.15) is 30.0 Å². The third-order valence-corrected chi connectivity index (χ3v) is 5.16.